The average molecular weight is 504 g/mol. The maximum atomic E-state index is 13.7. The Morgan fingerprint density at radius 2 is 1.30 bits per heavy atom. The first-order chi connectivity index (χ1) is 17.9. The van der Waals surface area contributed by atoms with Crippen LogP contribution in [-0.4, -0.2) is 14.4 Å². The molecule has 0 N–H and O–H groups in total. The van der Waals surface area contributed by atoms with Gasteiger partial charge in [0, 0.05) is 10.6 Å². The number of benzene rings is 4. The number of nitrogens with zero attached hydrogens (tertiary/aromatic N) is 3. The van der Waals surface area contributed by atoms with Gasteiger partial charge in [0.2, 0.25) is 5.65 Å². The Balaban J connectivity index is 1.66. The monoisotopic (exact) mass is 503 g/mol. The molecule has 4 aromatic carbocycles. The van der Waals surface area contributed by atoms with Gasteiger partial charge in [0.05, 0.1) is 21.9 Å². The van der Waals surface area contributed by atoms with Crippen LogP contribution in [0.1, 0.15) is 22.3 Å². The number of hydrogen-bond acceptors (Lipinski definition) is 4. The molecular formula is C31H26N3O2P. The third-order valence-electron chi connectivity index (χ3n) is 6.63. The summed E-state index contributed by atoms with van der Waals surface area (Å²) >= 11 is 0. The highest BCUT2D eigenvalue weighted by Gasteiger charge is 2.25. The van der Waals surface area contributed by atoms with Gasteiger partial charge in [-0.25, -0.2) is 9.97 Å². The van der Waals surface area contributed by atoms with Gasteiger partial charge in [0.25, 0.3) is 11.4 Å². The molecule has 0 radical (unpaired) electrons. The van der Waals surface area contributed by atoms with Crippen LogP contribution in [0, 0.1) is 27.7 Å². The third-order valence-corrected chi connectivity index (χ3v) is 8.87. The normalized spacial score (nSPS) is 11.6. The van der Waals surface area contributed by atoms with Crippen LogP contribution in [0.2, 0.25) is 0 Å². The van der Waals surface area contributed by atoms with Crippen LogP contribution in [0.15, 0.2) is 89.7 Å². The Kier molecular flexibility index (Phi) is 5.73. The van der Waals surface area contributed by atoms with Crippen molar-refractivity contribution in [3.05, 3.63) is 118 Å². The number of para-hydroxylation sites is 3. The smallest absolute Gasteiger partial charge is 0.266 e. The van der Waals surface area contributed by atoms with Gasteiger partial charge in [-0.2, -0.15) is 0 Å². The van der Waals surface area contributed by atoms with Gasteiger partial charge >= 0.3 is 0 Å². The van der Waals surface area contributed by atoms with Crippen molar-refractivity contribution in [2.75, 3.05) is 0 Å². The molecule has 6 heteroatoms. The number of hydrogen-bond donors (Lipinski definition) is 0. The highest BCUT2D eigenvalue weighted by molar-refractivity contribution is 7.69. The second kappa shape index (κ2) is 9.10. The molecule has 0 aliphatic carbocycles. The molecule has 6 aromatic rings. The third kappa shape index (κ3) is 4.06. The van der Waals surface area contributed by atoms with Crippen molar-refractivity contribution in [1.29, 1.82) is 0 Å². The van der Waals surface area contributed by atoms with Crippen molar-refractivity contribution in [2.24, 2.45) is 0 Å². The molecule has 0 bridgehead atoms. The quantitative estimate of drug-likeness (QED) is 0.167. The van der Waals surface area contributed by atoms with E-state index >= 15 is 0 Å². The van der Waals surface area contributed by atoms with Gasteiger partial charge in [-0.15, -0.1) is 0 Å². The van der Waals surface area contributed by atoms with Crippen LogP contribution < -0.4 is 20.7 Å². The van der Waals surface area contributed by atoms with E-state index in [1.165, 1.54) is 11.1 Å². The van der Waals surface area contributed by atoms with E-state index < -0.39 is 8.15 Å². The summed E-state index contributed by atoms with van der Waals surface area (Å²) < 4.78 is 8.52. The molecule has 5 nitrogen and oxygen atoms in total. The van der Waals surface area contributed by atoms with Crippen LogP contribution in [0.4, 0.5) is 0 Å². The van der Waals surface area contributed by atoms with E-state index in [0.29, 0.717) is 33.5 Å². The lowest BCUT2D eigenvalue weighted by molar-refractivity contribution is 0.605. The minimum absolute atomic E-state index is 0.133. The minimum atomic E-state index is -1.29. The maximum Gasteiger partial charge on any atom is 0.266 e. The van der Waals surface area contributed by atoms with E-state index in [4.69, 9.17) is 14.5 Å². The van der Waals surface area contributed by atoms with Gasteiger partial charge in [-0.3, -0.25) is 9.20 Å². The van der Waals surface area contributed by atoms with E-state index in [1.807, 2.05) is 48.5 Å². The van der Waals surface area contributed by atoms with Crippen molar-refractivity contribution in [1.82, 2.24) is 14.4 Å². The molecule has 2 aromatic heterocycles. The second-order valence-electron chi connectivity index (χ2n) is 9.46. The van der Waals surface area contributed by atoms with Crippen LogP contribution in [0.3, 0.4) is 0 Å². The second-order valence-corrected chi connectivity index (χ2v) is 11.2. The summed E-state index contributed by atoms with van der Waals surface area (Å²) in [5, 5.41) is 2.79. The van der Waals surface area contributed by atoms with Gasteiger partial charge in [-0.1, -0.05) is 71.8 Å². The van der Waals surface area contributed by atoms with Gasteiger partial charge in [-0.05, 0) is 63.1 Å². The van der Waals surface area contributed by atoms with Crippen LogP contribution >= 0.6 is 8.15 Å². The minimum Gasteiger partial charge on any atom is -0.444 e. The lowest BCUT2D eigenvalue weighted by atomic mass is 10.2. The largest absolute Gasteiger partial charge is 0.444 e. The molecule has 2 heterocycles. The molecule has 0 fully saturated rings. The maximum absolute atomic E-state index is 13.7. The molecule has 0 saturated heterocycles. The summed E-state index contributed by atoms with van der Waals surface area (Å²) in [6.07, 6.45) is 0. The lowest BCUT2D eigenvalue weighted by Gasteiger charge is -2.23. The topological polar surface area (TPSA) is 56.5 Å². The van der Waals surface area contributed by atoms with Crippen LogP contribution in [-0.2, 0) is 0 Å². The van der Waals surface area contributed by atoms with E-state index in [0.717, 1.165) is 21.7 Å². The summed E-state index contributed by atoms with van der Waals surface area (Å²) in [5.74, 6) is 0.354. The molecule has 0 atom stereocenters. The van der Waals surface area contributed by atoms with Crippen molar-refractivity contribution < 1.29 is 4.52 Å². The van der Waals surface area contributed by atoms with Gasteiger partial charge < -0.3 is 4.52 Å². The lowest BCUT2D eigenvalue weighted by Crippen LogP contribution is -2.22. The number of rotatable bonds is 4. The predicted molar refractivity (Wildman–Crippen MR) is 153 cm³/mol. The zero-order chi connectivity index (χ0) is 25.7. The van der Waals surface area contributed by atoms with E-state index in [2.05, 4.69) is 64.1 Å². The number of aromatic nitrogens is 3. The Hall–Kier alpha value is -4.08. The van der Waals surface area contributed by atoms with Gasteiger partial charge in [0.15, 0.2) is 8.15 Å². The molecule has 37 heavy (non-hydrogen) atoms. The standard InChI is InChI=1S/C31H26N3O2P/c1-19-13-15-27(21(3)17-19)37(28-16-14-20(2)18-22(28)4)36-30-29-32-24-10-6-5-9-23(24)31(35)34(29)26-12-8-7-11-25(26)33-30/h5-18H,1-4H3. The first kappa shape index (κ1) is 23.3. The van der Waals surface area contributed by atoms with Crippen molar-refractivity contribution in [2.45, 2.75) is 27.7 Å². The zero-order valence-corrected chi connectivity index (χ0v) is 22.1. The molecule has 0 amide bonds. The zero-order valence-electron chi connectivity index (χ0n) is 21.2. The van der Waals surface area contributed by atoms with E-state index in [1.54, 1.807) is 4.40 Å². The Labute approximate surface area is 216 Å². The Morgan fingerprint density at radius 1 is 0.703 bits per heavy atom. The average Bonchev–Trinajstić information content (AvgIpc) is 2.88. The van der Waals surface area contributed by atoms with Crippen molar-refractivity contribution in [3.8, 4) is 5.88 Å². The summed E-state index contributed by atoms with van der Waals surface area (Å²) in [6, 6.07) is 27.9. The van der Waals surface area contributed by atoms with Crippen molar-refractivity contribution in [3.63, 3.8) is 0 Å². The molecule has 0 aliphatic heterocycles. The fourth-order valence-electron chi connectivity index (χ4n) is 4.85. The molecule has 6 rings (SSSR count). The summed E-state index contributed by atoms with van der Waals surface area (Å²) in [5.41, 5.74) is 7.01. The molecule has 182 valence electrons. The summed E-state index contributed by atoms with van der Waals surface area (Å²) in [7, 11) is -1.29. The highest BCUT2D eigenvalue weighted by atomic mass is 31.1. The Morgan fingerprint density at radius 3 is 1.95 bits per heavy atom. The first-order valence-corrected chi connectivity index (χ1v) is 13.5. The number of fused-ring (bicyclic) bond motifs is 4. The fraction of sp³-hybridized carbons (Fsp3) is 0.129. The highest BCUT2D eigenvalue weighted by Crippen LogP contribution is 2.40. The molecule has 0 aliphatic rings. The Bertz CT molecular complexity index is 1840. The molecular weight excluding hydrogens is 477 g/mol. The predicted octanol–water partition coefficient (Wildman–Crippen LogP) is 6.06. The first-order valence-electron chi connectivity index (χ1n) is 12.2. The summed E-state index contributed by atoms with van der Waals surface area (Å²) in [6.45, 7) is 8.42. The molecule has 0 unspecified atom stereocenters. The fourth-order valence-corrected chi connectivity index (χ4v) is 6.79. The van der Waals surface area contributed by atoms with Crippen LogP contribution in [0.25, 0.3) is 27.6 Å². The van der Waals surface area contributed by atoms with Crippen LogP contribution in [0.5, 0.6) is 5.88 Å². The van der Waals surface area contributed by atoms with E-state index in [-0.39, 0.29) is 5.56 Å². The SMILES string of the molecule is Cc1ccc(P(Oc2nc3ccccc3n3c(=O)c4ccccc4nc23)c2ccc(C)cc2C)c(C)c1. The van der Waals surface area contributed by atoms with Crippen molar-refractivity contribution >= 4 is 46.3 Å². The van der Waals surface area contributed by atoms with Gasteiger partial charge in [0.1, 0.15) is 0 Å². The summed E-state index contributed by atoms with van der Waals surface area (Å²) in [4.78, 5) is 23.5. The number of aryl methyl sites for hydroxylation is 4. The molecule has 0 spiro atoms. The van der Waals surface area contributed by atoms with E-state index in [9.17, 15) is 4.79 Å². The molecule has 0 saturated carbocycles.